The number of sulfonamides is 1. The first kappa shape index (κ1) is 19.5. The number of nitrogens with zero attached hydrogens (tertiary/aromatic N) is 3. The first-order valence-corrected chi connectivity index (χ1v) is 11.1. The van der Waals surface area contributed by atoms with Gasteiger partial charge in [-0.1, -0.05) is 12.5 Å². The molecule has 1 N–H and O–H groups in total. The summed E-state index contributed by atoms with van der Waals surface area (Å²) in [5.41, 5.74) is 2.61. The molecule has 0 bridgehead atoms. The van der Waals surface area contributed by atoms with Crippen LogP contribution < -0.4 is 5.32 Å². The normalized spacial score (nSPS) is 16.1. The molecule has 27 heavy (non-hydrogen) atoms. The lowest BCUT2D eigenvalue weighted by Gasteiger charge is -2.26. The van der Waals surface area contributed by atoms with Crippen LogP contribution in [-0.4, -0.2) is 30.8 Å². The Morgan fingerprint density at radius 1 is 1.30 bits per heavy atom. The van der Waals surface area contributed by atoms with E-state index in [0.717, 1.165) is 25.0 Å². The zero-order valence-electron chi connectivity index (χ0n) is 15.4. The molecule has 8 heteroatoms. The van der Waals surface area contributed by atoms with Crippen molar-refractivity contribution in [2.24, 2.45) is 0 Å². The van der Waals surface area contributed by atoms with Crippen LogP contribution in [0, 0.1) is 25.2 Å². The van der Waals surface area contributed by atoms with Gasteiger partial charge in [-0.3, -0.25) is 0 Å². The Hall–Kier alpha value is -2.21. The summed E-state index contributed by atoms with van der Waals surface area (Å²) in [5, 5.41) is 14.9. The lowest BCUT2D eigenvalue weighted by molar-refractivity contribution is 0.346. The quantitative estimate of drug-likeness (QED) is 0.766. The van der Waals surface area contributed by atoms with E-state index >= 15 is 0 Å². The van der Waals surface area contributed by atoms with Crippen LogP contribution in [0.5, 0.6) is 0 Å². The fourth-order valence-electron chi connectivity index (χ4n) is 2.99. The molecule has 142 valence electrons. The van der Waals surface area contributed by atoms with Gasteiger partial charge in [0.25, 0.3) is 0 Å². The molecule has 1 aliphatic rings. The van der Waals surface area contributed by atoms with Crippen molar-refractivity contribution in [1.29, 1.82) is 5.26 Å². The number of thiazole rings is 1. The summed E-state index contributed by atoms with van der Waals surface area (Å²) < 4.78 is 27.6. The maximum atomic E-state index is 13.0. The van der Waals surface area contributed by atoms with E-state index in [4.69, 9.17) is 0 Å². The van der Waals surface area contributed by atoms with Crippen molar-refractivity contribution in [2.75, 3.05) is 18.4 Å². The molecule has 1 fully saturated rings. The standard InChI is InChI=1S/C19H22N4O2S2/c1-14-6-7-17(21-12-16(11-20)19-22-15(2)13-26-19)10-18(14)27(24,25)23-8-4-3-5-9-23/h6-7,10,12-13,21H,3-5,8-9H2,1-2H3/b16-12+. The monoisotopic (exact) mass is 402 g/mol. The number of allylic oxidation sites excluding steroid dienone is 1. The molecule has 1 saturated heterocycles. The van der Waals surface area contributed by atoms with Crippen LogP contribution >= 0.6 is 11.3 Å². The minimum atomic E-state index is -3.51. The molecule has 2 heterocycles. The summed E-state index contributed by atoms with van der Waals surface area (Å²) in [6.07, 6.45) is 4.44. The van der Waals surface area contributed by atoms with Crippen LogP contribution in [0.2, 0.25) is 0 Å². The van der Waals surface area contributed by atoms with Gasteiger partial charge < -0.3 is 5.32 Å². The van der Waals surface area contributed by atoms with Crippen LogP contribution in [0.4, 0.5) is 5.69 Å². The van der Waals surface area contributed by atoms with Crippen molar-refractivity contribution in [2.45, 2.75) is 38.0 Å². The molecule has 0 radical (unpaired) electrons. The van der Waals surface area contributed by atoms with Crippen molar-refractivity contribution in [3.63, 3.8) is 0 Å². The number of aromatic nitrogens is 1. The van der Waals surface area contributed by atoms with E-state index in [9.17, 15) is 13.7 Å². The number of hydrogen-bond donors (Lipinski definition) is 1. The third kappa shape index (κ3) is 4.38. The van der Waals surface area contributed by atoms with Gasteiger partial charge in [0.2, 0.25) is 10.0 Å². The molecule has 0 amide bonds. The lowest BCUT2D eigenvalue weighted by atomic mass is 10.2. The Labute approximate surface area is 164 Å². The minimum Gasteiger partial charge on any atom is -0.360 e. The second-order valence-corrected chi connectivity index (χ2v) is 9.32. The Morgan fingerprint density at radius 2 is 2.04 bits per heavy atom. The van der Waals surface area contributed by atoms with Gasteiger partial charge in [-0.2, -0.15) is 9.57 Å². The highest BCUT2D eigenvalue weighted by molar-refractivity contribution is 7.89. The Balaban J connectivity index is 1.87. The lowest BCUT2D eigenvalue weighted by Crippen LogP contribution is -2.35. The first-order valence-electron chi connectivity index (χ1n) is 8.82. The highest BCUT2D eigenvalue weighted by atomic mass is 32.2. The van der Waals surface area contributed by atoms with Gasteiger partial charge in [0.15, 0.2) is 0 Å². The number of anilines is 1. The Bertz CT molecular complexity index is 997. The summed E-state index contributed by atoms with van der Waals surface area (Å²) in [4.78, 5) is 4.62. The number of nitriles is 1. The van der Waals surface area contributed by atoms with Crippen molar-refractivity contribution in [3.05, 3.63) is 46.0 Å². The van der Waals surface area contributed by atoms with E-state index in [2.05, 4.69) is 16.4 Å². The van der Waals surface area contributed by atoms with Crippen LogP contribution in [0.1, 0.15) is 35.5 Å². The number of nitrogens with one attached hydrogen (secondary N) is 1. The predicted molar refractivity (Wildman–Crippen MR) is 108 cm³/mol. The molecule has 1 aromatic heterocycles. The van der Waals surface area contributed by atoms with Crippen molar-refractivity contribution in [3.8, 4) is 6.07 Å². The van der Waals surface area contributed by atoms with Crippen LogP contribution in [0.3, 0.4) is 0 Å². The molecule has 0 saturated carbocycles. The average molecular weight is 403 g/mol. The summed E-state index contributed by atoms with van der Waals surface area (Å²) in [6.45, 7) is 4.82. The highest BCUT2D eigenvalue weighted by Gasteiger charge is 2.27. The summed E-state index contributed by atoms with van der Waals surface area (Å²) in [7, 11) is -3.51. The molecule has 1 aromatic carbocycles. The van der Waals surface area contributed by atoms with Gasteiger partial charge in [-0.25, -0.2) is 13.4 Å². The topological polar surface area (TPSA) is 86.1 Å². The summed E-state index contributed by atoms with van der Waals surface area (Å²) in [5.74, 6) is 0. The fourth-order valence-corrected chi connectivity index (χ4v) is 5.52. The average Bonchev–Trinajstić information content (AvgIpc) is 3.10. The summed E-state index contributed by atoms with van der Waals surface area (Å²) >= 11 is 1.40. The number of benzene rings is 1. The molecule has 0 aliphatic carbocycles. The zero-order valence-corrected chi connectivity index (χ0v) is 17.0. The van der Waals surface area contributed by atoms with Crippen molar-refractivity contribution in [1.82, 2.24) is 9.29 Å². The van der Waals surface area contributed by atoms with Gasteiger partial charge in [0.1, 0.15) is 16.6 Å². The van der Waals surface area contributed by atoms with Gasteiger partial charge in [0.05, 0.1) is 4.90 Å². The number of hydrogen-bond acceptors (Lipinski definition) is 6. The van der Waals surface area contributed by atoms with E-state index in [1.165, 1.54) is 11.3 Å². The zero-order chi connectivity index (χ0) is 19.4. The van der Waals surface area contributed by atoms with Gasteiger partial charge in [-0.15, -0.1) is 11.3 Å². The van der Waals surface area contributed by atoms with Crippen LogP contribution in [0.15, 0.2) is 34.7 Å². The predicted octanol–water partition coefficient (Wildman–Crippen LogP) is 3.91. The second-order valence-electron chi connectivity index (χ2n) is 6.55. The molecule has 3 rings (SSSR count). The molecule has 0 spiro atoms. The highest BCUT2D eigenvalue weighted by Crippen LogP contribution is 2.26. The minimum absolute atomic E-state index is 0.311. The van der Waals surface area contributed by atoms with Gasteiger partial charge >= 0.3 is 0 Å². The smallest absolute Gasteiger partial charge is 0.243 e. The van der Waals surface area contributed by atoms with E-state index in [-0.39, 0.29) is 0 Å². The second kappa shape index (κ2) is 8.21. The third-order valence-electron chi connectivity index (χ3n) is 4.47. The van der Waals surface area contributed by atoms with Crippen molar-refractivity contribution < 1.29 is 8.42 Å². The number of rotatable bonds is 5. The van der Waals surface area contributed by atoms with E-state index < -0.39 is 10.0 Å². The Kier molecular flexibility index (Phi) is 5.95. The SMILES string of the molecule is Cc1csc(/C(C#N)=C/Nc2ccc(C)c(S(=O)(=O)N3CCCCC3)c2)n1. The molecular formula is C19H22N4O2S2. The van der Waals surface area contributed by atoms with Crippen LogP contribution in [-0.2, 0) is 10.0 Å². The molecule has 2 aromatic rings. The van der Waals surface area contributed by atoms with Crippen LogP contribution in [0.25, 0.3) is 5.57 Å². The third-order valence-corrected chi connectivity index (χ3v) is 7.51. The first-order chi connectivity index (χ1) is 12.9. The van der Waals surface area contributed by atoms with E-state index in [1.807, 2.05) is 18.4 Å². The van der Waals surface area contributed by atoms with Gasteiger partial charge in [-0.05, 0) is 44.4 Å². The van der Waals surface area contributed by atoms with Gasteiger partial charge in [0, 0.05) is 36.1 Å². The molecule has 1 aliphatic heterocycles. The largest absolute Gasteiger partial charge is 0.360 e. The van der Waals surface area contributed by atoms with E-state index in [0.29, 0.717) is 39.8 Å². The molecular weight excluding hydrogens is 380 g/mol. The number of piperidine rings is 1. The van der Waals surface area contributed by atoms with Crippen molar-refractivity contribution >= 4 is 32.6 Å². The molecule has 6 nitrogen and oxygen atoms in total. The van der Waals surface area contributed by atoms with E-state index in [1.54, 1.807) is 29.6 Å². The molecule has 0 atom stereocenters. The number of aryl methyl sites for hydroxylation is 2. The Morgan fingerprint density at radius 3 is 2.67 bits per heavy atom. The molecule has 0 unspecified atom stereocenters. The fraction of sp³-hybridized carbons (Fsp3) is 0.368. The summed E-state index contributed by atoms with van der Waals surface area (Å²) in [6, 6.07) is 7.36. The maximum Gasteiger partial charge on any atom is 0.243 e. The maximum absolute atomic E-state index is 13.0.